The highest BCUT2D eigenvalue weighted by Crippen LogP contribution is 2.31. The average Bonchev–Trinajstić information content (AvgIpc) is 3.03. The molecule has 198 valence electrons. The van der Waals surface area contributed by atoms with E-state index in [2.05, 4.69) is 11.2 Å². The number of hydrogen-bond acceptors (Lipinski definition) is 8. The lowest BCUT2D eigenvalue weighted by Gasteiger charge is -2.25. The van der Waals surface area contributed by atoms with Crippen LogP contribution in [0.4, 0.5) is 34.1 Å². The number of hydrazine groups is 2. The second-order valence-electron chi connectivity index (χ2n) is 8.33. The monoisotopic (exact) mass is 522 g/mol. The molecular weight excluding hydrogens is 495 g/mol. The summed E-state index contributed by atoms with van der Waals surface area (Å²) in [4.78, 5) is 27.3. The van der Waals surface area contributed by atoms with Gasteiger partial charge in [-0.3, -0.25) is 4.90 Å². The van der Waals surface area contributed by atoms with Gasteiger partial charge in [-0.15, -0.1) is 0 Å². The molecule has 0 radical (unpaired) electrons. The van der Waals surface area contributed by atoms with Gasteiger partial charge in [0.1, 0.15) is 29.6 Å². The maximum atomic E-state index is 15.1. The van der Waals surface area contributed by atoms with Crippen molar-refractivity contribution in [3.63, 3.8) is 0 Å². The molecule has 4 rings (SSSR count). The largest absolute Gasteiger partial charge is 0.442 e. The van der Waals surface area contributed by atoms with Crippen LogP contribution in [0.25, 0.3) is 0 Å². The van der Waals surface area contributed by atoms with Crippen LogP contribution >= 0.6 is 0 Å². The van der Waals surface area contributed by atoms with Crippen LogP contribution in [0.3, 0.4) is 0 Å². The van der Waals surface area contributed by atoms with Crippen LogP contribution in [-0.4, -0.2) is 67.6 Å². The summed E-state index contributed by atoms with van der Waals surface area (Å²) < 4.78 is 54.0. The Labute approximate surface area is 210 Å². The van der Waals surface area contributed by atoms with Crippen molar-refractivity contribution < 1.29 is 38.0 Å². The number of halogens is 3. The van der Waals surface area contributed by atoms with Gasteiger partial charge in [0.25, 0.3) is 0 Å². The summed E-state index contributed by atoms with van der Waals surface area (Å²) >= 11 is 0. The number of carbonyl (C=O) groups excluding carboxylic acids is 2. The molecule has 2 fully saturated rings. The summed E-state index contributed by atoms with van der Waals surface area (Å²) in [6.45, 7) is 0.708. The van der Waals surface area contributed by atoms with Crippen molar-refractivity contribution in [2.24, 2.45) is 5.84 Å². The van der Waals surface area contributed by atoms with Crippen molar-refractivity contribution in [2.75, 3.05) is 49.1 Å². The van der Waals surface area contributed by atoms with E-state index in [0.29, 0.717) is 0 Å². The summed E-state index contributed by atoms with van der Waals surface area (Å²) in [6, 6.07) is 7.25. The molecule has 6 N–H and O–H groups in total. The van der Waals surface area contributed by atoms with Crippen LogP contribution in [0.1, 0.15) is 0 Å². The van der Waals surface area contributed by atoms with E-state index in [1.807, 2.05) is 0 Å². The maximum Gasteiger partial charge on any atom is 0.429 e. The Morgan fingerprint density at radius 2 is 1.97 bits per heavy atom. The number of nitrogens with two attached hydrogens (primary N) is 1. The highest BCUT2D eigenvalue weighted by Gasteiger charge is 2.34. The number of cyclic esters (lactones) is 1. The average molecular weight is 523 g/mol. The molecular formula is C23H27F3N7O4+. The lowest BCUT2D eigenvalue weighted by Crippen LogP contribution is -2.45. The zero-order valence-corrected chi connectivity index (χ0v) is 19.8. The Morgan fingerprint density at radius 3 is 2.68 bits per heavy atom. The minimum Gasteiger partial charge on any atom is -0.442 e. The molecule has 2 aromatic rings. The number of hydrogen-bond donors (Lipinski definition) is 3. The number of benzene rings is 2. The van der Waals surface area contributed by atoms with Crippen molar-refractivity contribution in [1.29, 1.82) is 0 Å². The summed E-state index contributed by atoms with van der Waals surface area (Å²) in [6.07, 6.45) is 0.850. The van der Waals surface area contributed by atoms with Crippen molar-refractivity contribution in [1.82, 2.24) is 15.4 Å². The second kappa shape index (κ2) is 11.4. The number of carbonyl (C=O) groups is 2. The third-order valence-electron chi connectivity index (χ3n) is 5.71. The normalized spacial score (nSPS) is 18.2. The molecule has 2 aromatic carbocycles. The first-order chi connectivity index (χ1) is 17.7. The zero-order valence-electron chi connectivity index (χ0n) is 19.8. The Kier molecular flexibility index (Phi) is 8.01. The van der Waals surface area contributed by atoms with E-state index >= 15 is 8.78 Å². The van der Waals surface area contributed by atoms with Gasteiger partial charge >= 0.3 is 12.2 Å². The van der Waals surface area contributed by atoms with E-state index in [0.717, 1.165) is 28.1 Å². The van der Waals surface area contributed by atoms with Crippen LogP contribution < -0.4 is 31.5 Å². The first-order valence-electron chi connectivity index (χ1n) is 11.4. The lowest BCUT2D eigenvalue weighted by molar-refractivity contribution is -0.276. The Bertz CT molecular complexity index is 1160. The Hall–Kier alpha value is -4.01. The molecule has 14 heteroatoms. The van der Waals surface area contributed by atoms with E-state index in [9.17, 15) is 14.0 Å². The van der Waals surface area contributed by atoms with Crippen molar-refractivity contribution in [3.8, 4) is 5.75 Å². The number of anilines is 2. The van der Waals surface area contributed by atoms with Gasteiger partial charge in [0.05, 0.1) is 31.5 Å². The number of rotatable bonds is 6. The summed E-state index contributed by atoms with van der Waals surface area (Å²) in [5.74, 6) is 3.48. The van der Waals surface area contributed by atoms with Crippen LogP contribution in [0, 0.1) is 17.5 Å². The highest BCUT2D eigenvalue weighted by molar-refractivity contribution is 5.90. The van der Waals surface area contributed by atoms with Gasteiger partial charge in [-0.05, 0) is 12.1 Å². The quantitative estimate of drug-likeness (QED) is 0.380. The predicted molar refractivity (Wildman–Crippen MR) is 126 cm³/mol. The van der Waals surface area contributed by atoms with Crippen LogP contribution in [-0.2, 0) is 4.74 Å². The van der Waals surface area contributed by atoms with Crippen molar-refractivity contribution in [3.05, 3.63) is 66.2 Å². The van der Waals surface area contributed by atoms with Gasteiger partial charge in [-0.1, -0.05) is 6.07 Å². The minimum absolute atomic E-state index is 0.00997. The molecule has 0 aromatic heterocycles. The molecule has 37 heavy (non-hydrogen) atoms. The zero-order chi connectivity index (χ0) is 26.5. The SMILES string of the molecule is NN(/C=C\[NH3+])C[C@H]1CN(c2cc(F)c(N3CCNN(C(=O)Oc4cccc(F)c4)CC3)c(F)c2)C(=O)O1. The molecule has 11 nitrogen and oxygen atoms in total. The number of nitrogens with one attached hydrogen (secondary N) is 1. The summed E-state index contributed by atoms with van der Waals surface area (Å²) in [5.41, 5.74) is 6.09. The minimum atomic E-state index is -0.873. The maximum absolute atomic E-state index is 15.1. The van der Waals surface area contributed by atoms with Crippen LogP contribution in [0.2, 0.25) is 0 Å². The molecule has 2 amide bonds. The molecule has 2 saturated heterocycles. The predicted octanol–water partition coefficient (Wildman–Crippen LogP) is 1.14. The highest BCUT2D eigenvalue weighted by atomic mass is 19.1. The van der Waals surface area contributed by atoms with Gasteiger partial charge in [0.2, 0.25) is 0 Å². The molecule has 2 aliphatic heterocycles. The number of amides is 2. The first-order valence-corrected chi connectivity index (χ1v) is 11.4. The molecule has 0 saturated carbocycles. The number of ether oxygens (including phenoxy) is 2. The van der Waals surface area contributed by atoms with Gasteiger partial charge in [0, 0.05) is 37.8 Å². The molecule has 0 spiro atoms. The first kappa shape index (κ1) is 26.1. The fourth-order valence-electron chi connectivity index (χ4n) is 4.07. The summed E-state index contributed by atoms with van der Waals surface area (Å²) in [7, 11) is 0. The Morgan fingerprint density at radius 1 is 1.22 bits per heavy atom. The van der Waals surface area contributed by atoms with Gasteiger partial charge in [-0.25, -0.2) is 39.0 Å². The van der Waals surface area contributed by atoms with Gasteiger partial charge in [-0.2, -0.15) is 0 Å². The van der Waals surface area contributed by atoms with E-state index < -0.39 is 35.7 Å². The van der Waals surface area contributed by atoms with Crippen molar-refractivity contribution in [2.45, 2.75) is 6.10 Å². The fourth-order valence-corrected chi connectivity index (χ4v) is 4.07. The van der Waals surface area contributed by atoms with Crippen LogP contribution in [0.5, 0.6) is 5.75 Å². The second-order valence-corrected chi connectivity index (χ2v) is 8.33. The fraction of sp³-hybridized carbons (Fsp3) is 0.304. The molecule has 2 heterocycles. The molecule has 2 aliphatic rings. The van der Waals surface area contributed by atoms with E-state index in [-0.39, 0.29) is 56.4 Å². The van der Waals surface area contributed by atoms with E-state index in [1.165, 1.54) is 40.5 Å². The molecule has 0 unspecified atom stereocenters. The van der Waals surface area contributed by atoms with Gasteiger partial charge < -0.3 is 25.1 Å². The third-order valence-corrected chi connectivity index (χ3v) is 5.71. The molecule has 1 atom stereocenters. The van der Waals surface area contributed by atoms with Crippen LogP contribution in [0.15, 0.2) is 48.8 Å². The molecule has 0 aliphatic carbocycles. The topological polar surface area (TPSA) is 131 Å². The lowest BCUT2D eigenvalue weighted by atomic mass is 10.2. The Balaban J connectivity index is 1.41. The number of quaternary nitrogens is 1. The third kappa shape index (κ3) is 6.22. The molecule has 0 bridgehead atoms. The van der Waals surface area contributed by atoms with Gasteiger partial charge in [0.15, 0.2) is 11.6 Å². The standard InChI is InChI=1S/C23H26F3N7O4/c24-15-2-1-3-17(10-15)36-23(35)33-9-8-30(7-5-29-33)21-19(25)11-16(12-20(21)26)32-14-18(37-22(32)34)13-31(28)6-4-27/h1-4,6,10-12,18,29H,5,7-9,13-14,27-28H2/p+1/b6-4-/t18-/m0/s1. The van der Waals surface area contributed by atoms with Crippen molar-refractivity contribution >= 4 is 23.6 Å². The smallest absolute Gasteiger partial charge is 0.429 e. The van der Waals surface area contributed by atoms with E-state index in [4.69, 9.17) is 15.3 Å². The van der Waals surface area contributed by atoms with E-state index in [1.54, 1.807) is 0 Å². The number of nitrogens with zero attached hydrogens (tertiary/aromatic N) is 4. The summed E-state index contributed by atoms with van der Waals surface area (Å²) in [5, 5.41) is 2.45.